The molecule has 0 aromatic rings. The lowest BCUT2D eigenvalue weighted by molar-refractivity contribution is -0.146. The first-order chi connectivity index (χ1) is 7.77. The third kappa shape index (κ3) is 2.95. The third-order valence-electron chi connectivity index (χ3n) is 3.43. The van der Waals surface area contributed by atoms with Gasteiger partial charge < -0.3 is 15.0 Å². The van der Waals surface area contributed by atoms with Gasteiger partial charge in [-0.15, -0.1) is 0 Å². The fraction of sp³-hybridized carbons (Fsp3) is 0.917. The summed E-state index contributed by atoms with van der Waals surface area (Å²) in [5, 5.41) is 3.25. The lowest BCUT2D eigenvalue weighted by atomic mass is 10.1. The molecule has 0 saturated carbocycles. The highest BCUT2D eigenvalue weighted by molar-refractivity contribution is 5.80. The van der Waals surface area contributed by atoms with Gasteiger partial charge in [-0.3, -0.25) is 4.79 Å². The average molecular weight is 226 g/mol. The minimum absolute atomic E-state index is 0.173. The molecular weight excluding hydrogens is 204 g/mol. The van der Waals surface area contributed by atoms with Crippen molar-refractivity contribution in [2.24, 2.45) is 0 Å². The first kappa shape index (κ1) is 11.9. The van der Waals surface area contributed by atoms with Crippen molar-refractivity contribution in [3.63, 3.8) is 0 Å². The third-order valence-corrected chi connectivity index (χ3v) is 3.43. The van der Waals surface area contributed by atoms with Crippen molar-refractivity contribution in [2.75, 3.05) is 26.2 Å². The quantitative estimate of drug-likeness (QED) is 0.772. The molecule has 0 aromatic heterocycles. The molecule has 0 aromatic carbocycles. The van der Waals surface area contributed by atoms with Crippen LogP contribution in [0.25, 0.3) is 0 Å². The Morgan fingerprint density at radius 3 is 2.75 bits per heavy atom. The Morgan fingerprint density at radius 2 is 2.12 bits per heavy atom. The van der Waals surface area contributed by atoms with Crippen LogP contribution in [0.5, 0.6) is 0 Å². The number of likely N-dealkylation sites (tertiary alicyclic amines) is 1. The van der Waals surface area contributed by atoms with E-state index in [1.807, 2.05) is 11.8 Å². The van der Waals surface area contributed by atoms with Gasteiger partial charge in [0.2, 0.25) is 0 Å². The zero-order valence-electron chi connectivity index (χ0n) is 10.1. The van der Waals surface area contributed by atoms with Gasteiger partial charge in [0.1, 0.15) is 6.10 Å². The molecule has 2 fully saturated rings. The van der Waals surface area contributed by atoms with Crippen molar-refractivity contribution in [2.45, 2.75) is 44.8 Å². The number of amides is 1. The molecule has 0 radical (unpaired) electrons. The van der Waals surface area contributed by atoms with Gasteiger partial charge in [-0.05, 0) is 39.2 Å². The van der Waals surface area contributed by atoms with Crippen molar-refractivity contribution in [1.82, 2.24) is 10.2 Å². The summed E-state index contributed by atoms with van der Waals surface area (Å²) >= 11 is 0. The molecule has 92 valence electrons. The number of hydrogen-bond acceptors (Lipinski definition) is 3. The van der Waals surface area contributed by atoms with Crippen LogP contribution in [-0.4, -0.2) is 49.2 Å². The van der Waals surface area contributed by atoms with E-state index in [1.165, 1.54) is 6.42 Å². The highest BCUT2D eigenvalue weighted by atomic mass is 16.5. The van der Waals surface area contributed by atoms with E-state index in [2.05, 4.69) is 5.32 Å². The minimum atomic E-state index is -0.275. The van der Waals surface area contributed by atoms with Gasteiger partial charge in [0, 0.05) is 19.6 Å². The van der Waals surface area contributed by atoms with Gasteiger partial charge in [0.25, 0.3) is 5.91 Å². The van der Waals surface area contributed by atoms with Gasteiger partial charge >= 0.3 is 0 Å². The van der Waals surface area contributed by atoms with Crippen molar-refractivity contribution < 1.29 is 9.53 Å². The predicted molar refractivity (Wildman–Crippen MR) is 62.3 cm³/mol. The Hall–Kier alpha value is -0.610. The highest BCUT2D eigenvalue weighted by Gasteiger charge is 2.26. The van der Waals surface area contributed by atoms with E-state index in [4.69, 9.17) is 4.74 Å². The molecule has 2 unspecified atom stereocenters. The monoisotopic (exact) mass is 226 g/mol. The number of ether oxygens (including phenoxy) is 1. The molecule has 1 N–H and O–H groups in total. The normalized spacial score (nSPS) is 28.1. The van der Waals surface area contributed by atoms with E-state index >= 15 is 0 Å². The first-order valence-electron chi connectivity index (χ1n) is 6.42. The number of nitrogens with zero attached hydrogens (tertiary/aromatic N) is 1. The van der Waals surface area contributed by atoms with Gasteiger partial charge in [-0.1, -0.05) is 0 Å². The maximum Gasteiger partial charge on any atom is 0.251 e. The molecule has 2 aliphatic heterocycles. The second-order valence-electron chi connectivity index (χ2n) is 4.78. The molecule has 4 heteroatoms. The summed E-state index contributed by atoms with van der Waals surface area (Å²) in [6, 6.07) is 0. The summed E-state index contributed by atoms with van der Waals surface area (Å²) in [5.74, 6) is 0.173. The van der Waals surface area contributed by atoms with Crippen molar-refractivity contribution in [3.05, 3.63) is 0 Å². The zero-order valence-corrected chi connectivity index (χ0v) is 10.1. The van der Waals surface area contributed by atoms with Crippen LogP contribution in [0, 0.1) is 0 Å². The molecule has 2 rings (SSSR count). The summed E-state index contributed by atoms with van der Waals surface area (Å²) in [7, 11) is 0. The van der Waals surface area contributed by atoms with E-state index < -0.39 is 0 Å². The molecule has 16 heavy (non-hydrogen) atoms. The molecule has 0 aliphatic carbocycles. The van der Waals surface area contributed by atoms with Crippen LogP contribution in [0.15, 0.2) is 0 Å². The Bertz CT molecular complexity index is 233. The highest BCUT2D eigenvalue weighted by Crippen LogP contribution is 2.13. The molecule has 4 nitrogen and oxygen atoms in total. The molecule has 2 atom stereocenters. The molecule has 2 heterocycles. The summed E-state index contributed by atoms with van der Waals surface area (Å²) in [6.45, 7) is 5.60. The lowest BCUT2D eigenvalue weighted by Crippen LogP contribution is -2.43. The largest absolute Gasteiger partial charge is 0.364 e. The molecular formula is C12H22N2O2. The average Bonchev–Trinajstić information content (AvgIpc) is 2.82. The molecule has 2 saturated heterocycles. The number of carbonyl (C=O) groups is 1. The van der Waals surface area contributed by atoms with Crippen LogP contribution in [0.2, 0.25) is 0 Å². The smallest absolute Gasteiger partial charge is 0.251 e. The Kier molecular flexibility index (Phi) is 4.18. The summed E-state index contributed by atoms with van der Waals surface area (Å²) < 4.78 is 5.77. The molecule has 0 spiro atoms. The van der Waals surface area contributed by atoms with Gasteiger partial charge in [0.05, 0.1) is 6.10 Å². The van der Waals surface area contributed by atoms with Crippen LogP contribution in [0.1, 0.15) is 32.6 Å². The van der Waals surface area contributed by atoms with Crippen molar-refractivity contribution in [1.29, 1.82) is 0 Å². The number of piperidine rings is 1. The Morgan fingerprint density at radius 1 is 1.38 bits per heavy atom. The summed E-state index contributed by atoms with van der Waals surface area (Å²) in [5.41, 5.74) is 0. The Balaban J connectivity index is 1.78. The van der Waals surface area contributed by atoms with Crippen LogP contribution >= 0.6 is 0 Å². The summed E-state index contributed by atoms with van der Waals surface area (Å²) in [6.07, 6.45) is 4.52. The minimum Gasteiger partial charge on any atom is -0.364 e. The van der Waals surface area contributed by atoms with Gasteiger partial charge in [-0.2, -0.15) is 0 Å². The molecule has 0 bridgehead atoms. The SMILES string of the molecule is CC(OC1CCNC1)C(=O)N1CCCCC1. The van der Waals surface area contributed by atoms with Crippen LogP contribution in [0.3, 0.4) is 0 Å². The topological polar surface area (TPSA) is 41.6 Å². The van der Waals surface area contributed by atoms with Crippen molar-refractivity contribution in [3.8, 4) is 0 Å². The standard InChI is InChI=1S/C12H22N2O2/c1-10(16-11-5-6-13-9-11)12(15)14-7-3-2-4-8-14/h10-11,13H,2-9H2,1H3. The zero-order chi connectivity index (χ0) is 11.4. The van der Waals surface area contributed by atoms with E-state index in [-0.39, 0.29) is 18.1 Å². The number of nitrogens with one attached hydrogen (secondary N) is 1. The molecule has 1 amide bonds. The summed E-state index contributed by atoms with van der Waals surface area (Å²) in [4.78, 5) is 14.0. The maximum atomic E-state index is 12.1. The molecule has 2 aliphatic rings. The van der Waals surface area contributed by atoms with Gasteiger partial charge in [-0.25, -0.2) is 0 Å². The number of rotatable bonds is 3. The van der Waals surface area contributed by atoms with Crippen LogP contribution in [-0.2, 0) is 9.53 Å². The number of carbonyl (C=O) groups excluding carboxylic acids is 1. The lowest BCUT2D eigenvalue weighted by Gasteiger charge is -2.30. The number of hydrogen-bond donors (Lipinski definition) is 1. The van der Waals surface area contributed by atoms with Gasteiger partial charge in [0.15, 0.2) is 0 Å². The van der Waals surface area contributed by atoms with E-state index in [0.29, 0.717) is 0 Å². The predicted octanol–water partition coefficient (Wildman–Crippen LogP) is 0.766. The van der Waals surface area contributed by atoms with E-state index in [0.717, 1.165) is 45.4 Å². The van der Waals surface area contributed by atoms with E-state index in [9.17, 15) is 4.79 Å². The van der Waals surface area contributed by atoms with Crippen molar-refractivity contribution >= 4 is 5.91 Å². The van der Waals surface area contributed by atoms with Crippen LogP contribution in [0.4, 0.5) is 0 Å². The maximum absolute atomic E-state index is 12.1. The first-order valence-corrected chi connectivity index (χ1v) is 6.42. The van der Waals surface area contributed by atoms with E-state index in [1.54, 1.807) is 0 Å². The van der Waals surface area contributed by atoms with Crippen LogP contribution < -0.4 is 5.32 Å². The Labute approximate surface area is 97.3 Å². The fourth-order valence-corrected chi connectivity index (χ4v) is 2.46. The second-order valence-corrected chi connectivity index (χ2v) is 4.78. The fourth-order valence-electron chi connectivity index (χ4n) is 2.46. The second kappa shape index (κ2) is 5.64.